The van der Waals surface area contributed by atoms with Gasteiger partial charge in [-0.3, -0.25) is 57.7 Å². The highest BCUT2D eigenvalue weighted by Gasteiger charge is 2.41. The van der Waals surface area contributed by atoms with Gasteiger partial charge in [-0.05, 0) is 112 Å². The van der Waals surface area contributed by atoms with Crippen LogP contribution in [0.25, 0.3) is 10.9 Å². The molecule has 534 valence electrons. The van der Waals surface area contributed by atoms with Crippen LogP contribution >= 0.6 is 0 Å². The molecule has 3 aliphatic heterocycles. The largest absolute Gasteiger partial charge is 0.497 e. The number of imidazole rings is 1. The normalized spacial score (nSPS) is 24.9. The molecule has 30 heteroatoms. The average molecular weight is 1360 g/mol. The van der Waals surface area contributed by atoms with E-state index in [2.05, 4.69) is 67.8 Å². The number of aliphatic hydroxyl groups is 1. The zero-order chi connectivity index (χ0) is 71.0. The summed E-state index contributed by atoms with van der Waals surface area (Å²) in [6, 6.07) is 1.47. The lowest BCUT2D eigenvalue weighted by molar-refractivity contribution is -0.142. The summed E-state index contributed by atoms with van der Waals surface area (Å²) >= 11 is 0. The van der Waals surface area contributed by atoms with E-state index in [4.69, 9.17) is 16.2 Å². The number of nitrogens with zero attached hydrogens (tertiary/aromatic N) is 4. The van der Waals surface area contributed by atoms with Gasteiger partial charge in [-0.15, -0.1) is 0 Å². The van der Waals surface area contributed by atoms with E-state index >= 15 is 0 Å². The number of amides is 11. The van der Waals surface area contributed by atoms with Gasteiger partial charge in [-0.2, -0.15) is 0 Å². The molecule has 30 nitrogen and oxygen atoms in total. The van der Waals surface area contributed by atoms with Crippen molar-refractivity contribution in [1.82, 2.24) is 72.6 Å². The number of para-hydroxylation sites is 1. The van der Waals surface area contributed by atoms with Crippen molar-refractivity contribution in [1.29, 1.82) is 0 Å². The minimum atomic E-state index is -1.75. The maximum Gasteiger partial charge on any atom is 0.245 e. The van der Waals surface area contributed by atoms with E-state index in [0.717, 1.165) is 5.52 Å². The lowest BCUT2D eigenvalue weighted by atomic mass is 9.98. The van der Waals surface area contributed by atoms with Crippen LogP contribution in [-0.2, 0) is 72.0 Å². The van der Waals surface area contributed by atoms with Gasteiger partial charge in [0.2, 0.25) is 65.0 Å². The summed E-state index contributed by atoms with van der Waals surface area (Å²) in [4.78, 5) is 176. The SMILES string of the molecule is COc1ccc(C[C@@H]2NC(=O)[C@H](CO)NC(=O)[C@H](Cc3c[nH]c4ccccc34)NC(=O)[C@H](Cc3cnc[nH]3)NC(=O)[C@@H]3CCCN3C(=O)CCCCCNC(=O)CC(C)NC(=O)[C@@H]3CCCN3C(=O)[C@H](CCCN=C(N)N)NC(=O)[C@H](CC(C)C)NC(=O)[C@@H](CC(C)C)NC2=O)cc1. The summed E-state index contributed by atoms with van der Waals surface area (Å²) in [6.07, 6.45) is 7.59. The number of guanidine groups is 1. The number of H-pyrrole nitrogens is 2. The van der Waals surface area contributed by atoms with E-state index in [1.807, 2.05) is 45.9 Å². The summed E-state index contributed by atoms with van der Waals surface area (Å²) in [7, 11) is 1.48. The van der Waals surface area contributed by atoms with Crippen molar-refractivity contribution < 1.29 is 62.6 Å². The highest BCUT2D eigenvalue weighted by atomic mass is 16.5. The molecule has 7 rings (SSSR count). The van der Waals surface area contributed by atoms with E-state index in [1.165, 1.54) is 29.4 Å². The van der Waals surface area contributed by atoms with Crippen molar-refractivity contribution >= 4 is 81.8 Å². The number of benzene rings is 2. The van der Waals surface area contributed by atoms with Gasteiger partial charge >= 0.3 is 0 Å². The first-order valence-corrected chi connectivity index (χ1v) is 34.0. The average Bonchev–Trinajstić information content (AvgIpc) is 1.67. The number of ether oxygens (including phenoxy) is 1. The molecule has 2 aromatic carbocycles. The first-order valence-electron chi connectivity index (χ1n) is 34.0. The highest BCUT2D eigenvalue weighted by molar-refractivity contribution is 5.99. The van der Waals surface area contributed by atoms with Crippen molar-refractivity contribution in [3.63, 3.8) is 0 Å². The molecular weight excluding hydrogens is 1260 g/mol. The number of methoxy groups -OCH3 is 1. The van der Waals surface area contributed by atoms with Crippen molar-refractivity contribution in [2.24, 2.45) is 28.3 Å². The monoisotopic (exact) mass is 1360 g/mol. The highest BCUT2D eigenvalue weighted by Crippen LogP contribution is 2.24. The van der Waals surface area contributed by atoms with E-state index in [0.29, 0.717) is 79.4 Å². The third-order valence-corrected chi connectivity index (χ3v) is 17.6. The molecule has 0 saturated carbocycles. The van der Waals surface area contributed by atoms with Gasteiger partial charge in [0.25, 0.3) is 0 Å². The first kappa shape index (κ1) is 75.8. The topological polar surface area (TPSA) is 441 Å². The van der Waals surface area contributed by atoms with Gasteiger partial charge < -0.3 is 88.9 Å². The Morgan fingerprint density at radius 3 is 1.79 bits per heavy atom. The summed E-state index contributed by atoms with van der Waals surface area (Å²) in [5, 5.41) is 36.8. The van der Waals surface area contributed by atoms with Gasteiger partial charge in [-0.1, -0.05) is 64.4 Å². The Morgan fingerprint density at radius 1 is 0.622 bits per heavy atom. The summed E-state index contributed by atoms with van der Waals surface area (Å²) in [5.74, 6) is -7.49. The molecule has 11 amide bonds. The Balaban J connectivity index is 1.21. The smallest absolute Gasteiger partial charge is 0.245 e. The third kappa shape index (κ3) is 22.5. The third-order valence-electron chi connectivity index (χ3n) is 17.6. The summed E-state index contributed by atoms with van der Waals surface area (Å²) in [5.41, 5.74) is 13.5. The fourth-order valence-electron chi connectivity index (χ4n) is 12.6. The van der Waals surface area contributed by atoms with Gasteiger partial charge in [0.05, 0.1) is 20.0 Å². The molecule has 98 heavy (non-hydrogen) atoms. The molecule has 3 fully saturated rings. The predicted octanol–water partition coefficient (Wildman–Crippen LogP) is 0.0262. The number of aliphatic hydroxyl groups excluding tert-OH is 1. The molecule has 0 aliphatic carbocycles. The number of hydrogen-bond acceptors (Lipinski definition) is 15. The van der Waals surface area contributed by atoms with Crippen LogP contribution in [0.1, 0.15) is 135 Å². The Morgan fingerprint density at radius 2 is 1.17 bits per heavy atom. The molecule has 1 unspecified atom stereocenters. The molecule has 3 aliphatic rings. The van der Waals surface area contributed by atoms with Crippen LogP contribution in [0, 0.1) is 11.8 Å². The van der Waals surface area contributed by atoms with Crippen molar-refractivity contribution in [3.05, 3.63) is 84.1 Å². The van der Waals surface area contributed by atoms with Crippen LogP contribution in [0.3, 0.4) is 0 Å². The minimum absolute atomic E-state index is 0.0308. The number of carbonyl (C=O) groups excluding carboxylic acids is 11. The Kier molecular flexibility index (Phi) is 28.8. The number of aromatic nitrogens is 3. The van der Waals surface area contributed by atoms with Crippen LogP contribution in [0.2, 0.25) is 0 Å². The van der Waals surface area contributed by atoms with Gasteiger partial charge in [-0.25, -0.2) is 4.98 Å². The number of nitrogens with one attached hydrogen (secondary N) is 11. The molecule has 0 spiro atoms. The Hall–Kier alpha value is -9.61. The maximum absolute atomic E-state index is 14.9. The molecule has 3 saturated heterocycles. The molecule has 10 atom stereocenters. The second-order valence-corrected chi connectivity index (χ2v) is 26.4. The van der Waals surface area contributed by atoms with Crippen LogP contribution in [-0.4, -0.2) is 201 Å². The van der Waals surface area contributed by atoms with Crippen LogP contribution in [0.15, 0.2) is 72.2 Å². The lowest BCUT2D eigenvalue weighted by Gasteiger charge is -2.31. The number of rotatable bonds is 16. The van der Waals surface area contributed by atoms with E-state index in [1.54, 1.807) is 43.5 Å². The number of fused-ring (bicyclic) bond motifs is 3. The molecule has 4 aromatic rings. The number of aromatic amines is 2. The molecule has 0 radical (unpaired) electrons. The summed E-state index contributed by atoms with van der Waals surface area (Å²) in [6.45, 7) is 8.85. The molecular formula is C68H99N17O13. The van der Waals surface area contributed by atoms with Crippen LogP contribution in [0.4, 0.5) is 0 Å². The van der Waals surface area contributed by atoms with E-state index < -0.39 is 120 Å². The zero-order valence-electron chi connectivity index (χ0n) is 56.9. The number of hydrogen-bond donors (Lipinski definition) is 14. The first-order chi connectivity index (χ1) is 46.9. The summed E-state index contributed by atoms with van der Waals surface area (Å²) < 4.78 is 5.37. The van der Waals surface area contributed by atoms with Crippen molar-refractivity contribution in [2.75, 3.05) is 39.9 Å². The lowest BCUT2D eigenvalue weighted by Crippen LogP contribution is -2.61. The molecule has 5 heterocycles. The number of nitrogens with two attached hydrogens (primary N) is 2. The zero-order valence-corrected chi connectivity index (χ0v) is 56.9. The van der Waals surface area contributed by atoms with Gasteiger partial charge in [0.1, 0.15) is 60.1 Å². The van der Waals surface area contributed by atoms with E-state index in [9.17, 15) is 57.8 Å². The second kappa shape index (κ2) is 37.2. The molecule has 0 bridgehead atoms. The number of aliphatic imine (C=N–C) groups is 1. The van der Waals surface area contributed by atoms with E-state index in [-0.39, 0.29) is 107 Å². The van der Waals surface area contributed by atoms with Gasteiger partial charge in [0, 0.05) is 93.3 Å². The molecule has 16 N–H and O–H groups in total. The maximum atomic E-state index is 14.9. The van der Waals surface area contributed by atoms with Crippen molar-refractivity contribution in [3.8, 4) is 5.75 Å². The van der Waals surface area contributed by atoms with Crippen molar-refractivity contribution in [2.45, 2.75) is 198 Å². The predicted molar refractivity (Wildman–Crippen MR) is 364 cm³/mol. The standard InChI is InChI=1S/C68H99N17O13/c1-39(2)29-49-59(89)77-48(17-12-26-73-68(69)70)67(97)85-28-14-19-56(85)65(95)76-41(5)31-57(87)72-25-11-7-8-20-58(88)84-27-13-18-55(84)66(96)82-53(34-44-36-71-38-75-44)63(93)81-52(33-43-35-74-47-16-10-9-15-46(43)47)62(92)83-54(37-86)64(94)80-51(32-42-21-23-45(98-6)24-22-42)61(91)79-50(30-40(3)4)60(90)78-49/h9-10,15-16,21-24,35-36,38-41,48-56,74,86H,7-8,11-14,17-20,25-34,37H2,1-6H3,(H,71,75)(H,72,87)(H,76,95)(H,77,89)(H,78,90)(H,79,91)(H,80,94)(H,81,93)(H,82,96)(H,83,92)(H4,69,70,73)/t41?,48-,49-,50+,51-,52-,53-,54-,55-,56-/m0/s1. The Labute approximate surface area is 570 Å². The minimum Gasteiger partial charge on any atom is -0.497 e. The van der Waals surface area contributed by atoms with Crippen LogP contribution in [0.5, 0.6) is 5.75 Å². The Bertz CT molecular complexity index is 3410. The number of carbonyl (C=O) groups is 11. The fourth-order valence-corrected chi connectivity index (χ4v) is 12.6. The molecule has 2 aromatic heterocycles. The fraction of sp³-hybridized carbons (Fsp3) is 0.574. The van der Waals surface area contributed by atoms with Crippen LogP contribution < -0.4 is 64.1 Å². The van der Waals surface area contributed by atoms with Gasteiger partial charge in [0.15, 0.2) is 5.96 Å². The second-order valence-electron chi connectivity index (χ2n) is 26.4. The quantitative estimate of drug-likeness (QED) is 0.0400.